The summed E-state index contributed by atoms with van der Waals surface area (Å²) in [6, 6.07) is 7.33. The molecule has 0 atom stereocenters. The van der Waals surface area contributed by atoms with E-state index in [1.165, 1.54) is 12.5 Å². The largest absolute Gasteiger partial charge is 0.289 e. The molecule has 0 aliphatic carbocycles. The van der Waals surface area contributed by atoms with Gasteiger partial charge in [0.1, 0.15) is 0 Å². The molecule has 0 fully saturated rings. The number of hydrogen-bond acceptors (Lipinski definition) is 1. The van der Waals surface area contributed by atoms with Gasteiger partial charge in [-0.15, -0.1) is 5.73 Å². The second-order valence-corrected chi connectivity index (χ2v) is 4.44. The normalized spacial score (nSPS) is 9.38. The van der Waals surface area contributed by atoms with Crippen molar-refractivity contribution in [2.75, 3.05) is 0 Å². The van der Waals surface area contributed by atoms with Gasteiger partial charge in [-0.3, -0.25) is 4.79 Å². The highest BCUT2D eigenvalue weighted by molar-refractivity contribution is 9.10. The smallest absolute Gasteiger partial charge is 0.193 e. The number of ketones is 1. The van der Waals surface area contributed by atoms with Crippen LogP contribution in [0, 0.1) is 0 Å². The van der Waals surface area contributed by atoms with Gasteiger partial charge in [-0.1, -0.05) is 29.3 Å². The topological polar surface area (TPSA) is 17.1 Å². The predicted molar refractivity (Wildman–Crippen MR) is 70.7 cm³/mol. The predicted octanol–water partition coefficient (Wildman–Crippen LogP) is 4.53. The number of halogens is 1. The lowest BCUT2D eigenvalue weighted by atomic mass is 10.1. The third-order valence-corrected chi connectivity index (χ3v) is 2.69. The minimum Gasteiger partial charge on any atom is -0.289 e. The molecule has 16 heavy (non-hydrogen) atoms. The van der Waals surface area contributed by atoms with Crippen LogP contribution in [0.5, 0.6) is 0 Å². The average molecular weight is 279 g/mol. The van der Waals surface area contributed by atoms with E-state index in [0.717, 1.165) is 17.3 Å². The summed E-state index contributed by atoms with van der Waals surface area (Å²) in [6.45, 7) is 2.14. The zero-order valence-corrected chi connectivity index (χ0v) is 11.0. The standard InChI is InChI=1S/C14H15BrO/c1-2-3-4-5-6-7-14(16)12-8-10-13(15)11-9-12/h5,7-11H,2-4H2,1H3. The molecule has 0 saturated heterocycles. The van der Waals surface area contributed by atoms with Crippen molar-refractivity contribution in [1.29, 1.82) is 0 Å². The van der Waals surface area contributed by atoms with Gasteiger partial charge in [0.2, 0.25) is 0 Å². The maximum Gasteiger partial charge on any atom is 0.193 e. The maximum absolute atomic E-state index is 11.6. The van der Waals surface area contributed by atoms with Crippen LogP contribution in [-0.4, -0.2) is 5.78 Å². The first kappa shape index (κ1) is 13.0. The molecule has 0 bridgehead atoms. The molecule has 0 aliphatic rings. The first-order chi connectivity index (χ1) is 7.74. The minimum absolute atomic E-state index is 0.000230. The molecular weight excluding hydrogens is 264 g/mol. The Bertz CT molecular complexity index is 397. The zero-order valence-electron chi connectivity index (χ0n) is 9.37. The molecule has 0 unspecified atom stereocenters. The summed E-state index contributed by atoms with van der Waals surface area (Å²) < 4.78 is 0.978. The van der Waals surface area contributed by atoms with Crippen LogP contribution in [0.4, 0.5) is 0 Å². The van der Waals surface area contributed by atoms with Gasteiger partial charge < -0.3 is 0 Å². The molecule has 1 rings (SSSR count). The highest BCUT2D eigenvalue weighted by Gasteiger charge is 1.99. The van der Waals surface area contributed by atoms with Crippen molar-refractivity contribution in [1.82, 2.24) is 0 Å². The number of benzene rings is 1. The Morgan fingerprint density at radius 3 is 2.69 bits per heavy atom. The number of allylic oxidation sites excluding steroid dienone is 1. The molecule has 0 aromatic heterocycles. The van der Waals surface area contributed by atoms with Gasteiger partial charge >= 0.3 is 0 Å². The summed E-state index contributed by atoms with van der Waals surface area (Å²) in [5.41, 5.74) is 3.62. The SMILES string of the molecule is CCCCC=C=CC(=O)c1ccc(Br)cc1. The molecule has 0 amide bonds. The lowest BCUT2D eigenvalue weighted by molar-refractivity contribution is 0.104. The molecule has 1 nitrogen and oxygen atoms in total. The van der Waals surface area contributed by atoms with E-state index in [0.29, 0.717) is 5.56 Å². The van der Waals surface area contributed by atoms with Crippen LogP contribution in [0.2, 0.25) is 0 Å². The Balaban J connectivity index is 2.58. The molecule has 2 heteroatoms. The van der Waals surface area contributed by atoms with Crippen molar-refractivity contribution in [3.63, 3.8) is 0 Å². The quantitative estimate of drug-likeness (QED) is 0.335. The molecule has 0 heterocycles. The fraction of sp³-hybridized carbons (Fsp3) is 0.286. The van der Waals surface area contributed by atoms with E-state index in [1.807, 2.05) is 18.2 Å². The second-order valence-electron chi connectivity index (χ2n) is 3.53. The molecule has 0 saturated carbocycles. The number of rotatable bonds is 5. The van der Waals surface area contributed by atoms with Crippen LogP contribution in [0.25, 0.3) is 0 Å². The first-order valence-corrected chi connectivity index (χ1v) is 6.24. The second kappa shape index (κ2) is 7.21. The number of unbranched alkanes of at least 4 members (excludes halogenated alkanes) is 2. The molecular formula is C14H15BrO. The highest BCUT2D eigenvalue weighted by atomic mass is 79.9. The Hall–Kier alpha value is -1.11. The van der Waals surface area contributed by atoms with Gasteiger partial charge in [-0.05, 0) is 43.2 Å². The lowest BCUT2D eigenvalue weighted by Gasteiger charge is -1.94. The van der Waals surface area contributed by atoms with E-state index in [4.69, 9.17) is 0 Å². The van der Waals surface area contributed by atoms with Crippen molar-refractivity contribution in [2.45, 2.75) is 26.2 Å². The van der Waals surface area contributed by atoms with E-state index < -0.39 is 0 Å². The number of hydrogen-bond donors (Lipinski definition) is 0. The monoisotopic (exact) mass is 278 g/mol. The Morgan fingerprint density at radius 1 is 1.38 bits per heavy atom. The van der Waals surface area contributed by atoms with Gasteiger partial charge in [-0.2, -0.15) is 0 Å². The van der Waals surface area contributed by atoms with Crippen LogP contribution in [0.3, 0.4) is 0 Å². The van der Waals surface area contributed by atoms with Crippen molar-refractivity contribution in [3.8, 4) is 0 Å². The summed E-state index contributed by atoms with van der Waals surface area (Å²) in [5.74, 6) is 0.000230. The summed E-state index contributed by atoms with van der Waals surface area (Å²) in [7, 11) is 0. The fourth-order valence-corrected chi connectivity index (χ4v) is 1.49. The Morgan fingerprint density at radius 2 is 2.06 bits per heavy atom. The third kappa shape index (κ3) is 4.61. The van der Waals surface area contributed by atoms with Crippen LogP contribution in [0.1, 0.15) is 36.5 Å². The number of carbonyl (C=O) groups is 1. The third-order valence-electron chi connectivity index (χ3n) is 2.16. The summed E-state index contributed by atoms with van der Waals surface area (Å²) in [4.78, 5) is 11.6. The van der Waals surface area contributed by atoms with E-state index in [-0.39, 0.29) is 5.78 Å². The van der Waals surface area contributed by atoms with Crippen molar-refractivity contribution in [3.05, 3.63) is 52.2 Å². The molecule has 0 N–H and O–H groups in total. The molecule has 1 aromatic carbocycles. The highest BCUT2D eigenvalue weighted by Crippen LogP contribution is 2.11. The maximum atomic E-state index is 11.6. The van der Waals surface area contributed by atoms with Crippen LogP contribution in [-0.2, 0) is 0 Å². The summed E-state index contributed by atoms with van der Waals surface area (Å²) >= 11 is 3.33. The van der Waals surface area contributed by atoms with Crippen LogP contribution >= 0.6 is 15.9 Å². The molecule has 0 aliphatic heterocycles. The minimum atomic E-state index is 0.000230. The molecule has 84 valence electrons. The van der Waals surface area contributed by atoms with Gasteiger partial charge in [0, 0.05) is 16.1 Å². The van der Waals surface area contributed by atoms with E-state index in [1.54, 1.807) is 12.1 Å². The van der Waals surface area contributed by atoms with E-state index in [2.05, 4.69) is 28.6 Å². The molecule has 0 radical (unpaired) electrons. The van der Waals surface area contributed by atoms with Crippen molar-refractivity contribution >= 4 is 21.7 Å². The van der Waals surface area contributed by atoms with Gasteiger partial charge in [0.25, 0.3) is 0 Å². The fourth-order valence-electron chi connectivity index (χ4n) is 1.22. The zero-order chi connectivity index (χ0) is 11.8. The first-order valence-electron chi connectivity index (χ1n) is 5.45. The number of carbonyl (C=O) groups excluding carboxylic acids is 1. The average Bonchev–Trinajstić information content (AvgIpc) is 2.29. The van der Waals surface area contributed by atoms with E-state index >= 15 is 0 Å². The summed E-state index contributed by atoms with van der Waals surface area (Å²) in [5, 5.41) is 0. The molecule has 0 spiro atoms. The van der Waals surface area contributed by atoms with Crippen molar-refractivity contribution in [2.24, 2.45) is 0 Å². The lowest BCUT2D eigenvalue weighted by Crippen LogP contribution is -1.92. The Kier molecular flexibility index (Phi) is 5.84. The Labute approximate surface area is 105 Å². The van der Waals surface area contributed by atoms with Gasteiger partial charge in [-0.25, -0.2) is 0 Å². The van der Waals surface area contributed by atoms with E-state index in [9.17, 15) is 4.79 Å². The molecule has 1 aromatic rings. The van der Waals surface area contributed by atoms with Crippen LogP contribution in [0.15, 0.2) is 46.6 Å². The van der Waals surface area contributed by atoms with Gasteiger partial charge in [0.15, 0.2) is 5.78 Å². The van der Waals surface area contributed by atoms with Crippen LogP contribution < -0.4 is 0 Å². The van der Waals surface area contributed by atoms with Gasteiger partial charge in [0.05, 0.1) is 0 Å². The van der Waals surface area contributed by atoms with Crippen molar-refractivity contribution < 1.29 is 4.79 Å². The summed E-state index contributed by atoms with van der Waals surface area (Å²) in [6.07, 6.45) is 6.71.